The largest absolute Gasteiger partial charge is 0.334 e. The predicted molar refractivity (Wildman–Crippen MR) is 221 cm³/mol. The van der Waals surface area contributed by atoms with Gasteiger partial charge in [0, 0.05) is 34.9 Å². The molecule has 2 N–H and O–H groups in total. The smallest absolute Gasteiger partial charge is 0.319 e. The molecule has 0 saturated heterocycles. The van der Waals surface area contributed by atoms with Gasteiger partial charge in [-0.2, -0.15) is 10.2 Å². The number of nitriles is 1. The zero-order valence-electron chi connectivity index (χ0n) is 30.8. The fourth-order valence-electron chi connectivity index (χ4n) is 6.75. The standard InChI is InChI=1S/C46H31N9O3/c1-48-44(25-47)45-40-18-14-35(52-46(58)51-28-33-21-31(26-49-29-56)20-32(22-33)27-50-30-57)23-42(40)43-24-36(15-19-41(43)45)54-53-34-12-16-39(17-13-34)55(37-8-4-2-5-9-37)38-10-6-3-7-11-38/h2-24H,26-28H2,(H2,51,52,58)/b45-44+,54-53?. The lowest BCUT2D eigenvalue weighted by atomic mass is 10.0. The van der Waals surface area contributed by atoms with Crippen molar-refractivity contribution in [1.82, 2.24) is 5.32 Å². The van der Waals surface area contributed by atoms with Gasteiger partial charge in [0.2, 0.25) is 12.2 Å². The molecule has 0 bridgehead atoms. The van der Waals surface area contributed by atoms with Crippen LogP contribution in [0.25, 0.3) is 21.5 Å². The highest BCUT2D eigenvalue weighted by Gasteiger charge is 2.27. The number of rotatable bonds is 12. The second-order valence-corrected chi connectivity index (χ2v) is 12.9. The van der Waals surface area contributed by atoms with E-state index in [-0.39, 0.29) is 25.3 Å². The third-order valence-corrected chi connectivity index (χ3v) is 9.20. The zero-order chi connectivity index (χ0) is 40.3. The van der Waals surface area contributed by atoms with Crippen LogP contribution in [0.3, 0.4) is 0 Å². The monoisotopic (exact) mass is 757 g/mol. The van der Waals surface area contributed by atoms with Gasteiger partial charge in [0.05, 0.1) is 37.1 Å². The van der Waals surface area contributed by atoms with Gasteiger partial charge in [-0.05, 0) is 112 Å². The molecule has 278 valence electrons. The van der Waals surface area contributed by atoms with Gasteiger partial charge in [0.1, 0.15) is 0 Å². The van der Waals surface area contributed by atoms with E-state index >= 15 is 0 Å². The summed E-state index contributed by atoms with van der Waals surface area (Å²) in [5.41, 5.74) is 10.1. The van der Waals surface area contributed by atoms with Crippen molar-refractivity contribution in [2.45, 2.75) is 19.6 Å². The highest BCUT2D eigenvalue weighted by molar-refractivity contribution is 6.05. The number of fused-ring (bicyclic) bond motifs is 3. The number of benzene rings is 6. The van der Waals surface area contributed by atoms with E-state index < -0.39 is 6.03 Å². The van der Waals surface area contributed by atoms with Crippen LogP contribution in [-0.4, -0.2) is 18.2 Å². The van der Waals surface area contributed by atoms with Crippen LogP contribution < -0.4 is 15.5 Å². The Morgan fingerprint density at radius 2 is 1.17 bits per heavy atom. The third kappa shape index (κ3) is 8.55. The number of anilines is 4. The number of carbonyl (C=O) groups excluding carboxylic acids is 3. The average molecular weight is 758 g/mol. The lowest BCUT2D eigenvalue weighted by Crippen LogP contribution is -2.28. The van der Waals surface area contributed by atoms with E-state index in [2.05, 4.69) is 64.9 Å². The van der Waals surface area contributed by atoms with E-state index in [0.717, 1.165) is 22.6 Å². The maximum atomic E-state index is 13.1. The van der Waals surface area contributed by atoms with Crippen LogP contribution in [0.1, 0.15) is 27.8 Å². The van der Waals surface area contributed by atoms with Crippen molar-refractivity contribution in [3.8, 4) is 17.2 Å². The Bertz CT molecular complexity index is 2660. The summed E-state index contributed by atoms with van der Waals surface area (Å²) in [6.07, 6.45) is 3.02. The number of allylic oxidation sites excluding steroid dienone is 1. The minimum atomic E-state index is -0.485. The summed E-state index contributed by atoms with van der Waals surface area (Å²) in [5, 5.41) is 24.6. The molecule has 12 nitrogen and oxygen atoms in total. The first-order valence-electron chi connectivity index (χ1n) is 17.9. The van der Waals surface area contributed by atoms with Gasteiger partial charge in [-0.15, -0.1) is 0 Å². The molecule has 0 unspecified atom stereocenters. The lowest BCUT2D eigenvalue weighted by Gasteiger charge is -2.25. The van der Waals surface area contributed by atoms with Gasteiger partial charge in [-0.25, -0.2) is 34.5 Å². The van der Waals surface area contributed by atoms with Crippen LogP contribution in [0.5, 0.6) is 0 Å². The van der Waals surface area contributed by atoms with Crippen molar-refractivity contribution in [3.05, 3.63) is 184 Å². The summed E-state index contributed by atoms with van der Waals surface area (Å²) in [4.78, 5) is 47.3. The summed E-state index contributed by atoms with van der Waals surface area (Å²) >= 11 is 0. The maximum absolute atomic E-state index is 13.1. The number of urea groups is 1. The topological polar surface area (TPSA) is 156 Å². The minimum Gasteiger partial charge on any atom is -0.334 e. The first kappa shape index (κ1) is 37.8. The van der Waals surface area contributed by atoms with Gasteiger partial charge in [0.15, 0.2) is 0 Å². The number of nitrogens with zero attached hydrogens (tertiary/aromatic N) is 7. The Morgan fingerprint density at radius 1 is 0.638 bits per heavy atom. The average Bonchev–Trinajstić information content (AvgIpc) is 3.58. The number of aliphatic imine (C=N–C) groups is 2. The maximum Gasteiger partial charge on any atom is 0.319 e. The number of hydrogen-bond acceptors (Lipinski definition) is 9. The van der Waals surface area contributed by atoms with Crippen molar-refractivity contribution < 1.29 is 14.4 Å². The molecule has 1 aliphatic carbocycles. The van der Waals surface area contributed by atoms with Gasteiger partial charge < -0.3 is 15.5 Å². The number of amides is 2. The Hall–Kier alpha value is -8.53. The van der Waals surface area contributed by atoms with Crippen LogP contribution in [0.4, 0.5) is 38.9 Å². The molecule has 1 aliphatic rings. The summed E-state index contributed by atoms with van der Waals surface area (Å²) < 4.78 is 0. The number of hydrogen-bond donors (Lipinski definition) is 2. The molecule has 0 aliphatic heterocycles. The molecule has 7 rings (SSSR count). The summed E-state index contributed by atoms with van der Waals surface area (Å²) in [7, 11) is 0. The first-order chi connectivity index (χ1) is 28.5. The van der Waals surface area contributed by atoms with Crippen molar-refractivity contribution in [2.24, 2.45) is 20.2 Å². The highest BCUT2D eigenvalue weighted by Crippen LogP contribution is 2.48. The van der Waals surface area contributed by atoms with E-state index in [0.29, 0.717) is 56.0 Å². The molecule has 12 heteroatoms. The van der Waals surface area contributed by atoms with E-state index in [1.807, 2.05) is 78.9 Å². The molecule has 0 heterocycles. The van der Waals surface area contributed by atoms with Crippen molar-refractivity contribution in [1.29, 1.82) is 5.26 Å². The number of nitrogens with one attached hydrogen (secondary N) is 2. The van der Waals surface area contributed by atoms with Gasteiger partial charge >= 0.3 is 6.03 Å². The number of carbonyl (C=O) groups is 1. The second kappa shape index (κ2) is 17.7. The Labute approximate surface area is 333 Å². The van der Waals surface area contributed by atoms with Crippen molar-refractivity contribution >= 4 is 57.9 Å². The molecular weight excluding hydrogens is 727 g/mol. The molecule has 0 radical (unpaired) electrons. The molecule has 6 aromatic rings. The summed E-state index contributed by atoms with van der Waals surface area (Å²) in [6.45, 7) is 8.01. The van der Waals surface area contributed by atoms with E-state index in [1.54, 1.807) is 42.5 Å². The van der Waals surface area contributed by atoms with Crippen LogP contribution in [0.15, 0.2) is 165 Å². The van der Waals surface area contributed by atoms with Gasteiger partial charge in [-0.1, -0.05) is 66.7 Å². The fourth-order valence-corrected chi connectivity index (χ4v) is 6.75. The van der Waals surface area contributed by atoms with Gasteiger partial charge in [0.25, 0.3) is 5.70 Å². The van der Waals surface area contributed by atoms with Crippen molar-refractivity contribution in [3.63, 3.8) is 0 Å². The third-order valence-electron chi connectivity index (χ3n) is 9.20. The van der Waals surface area contributed by atoms with Crippen LogP contribution in [0.2, 0.25) is 0 Å². The number of para-hydroxylation sites is 2. The highest BCUT2D eigenvalue weighted by atomic mass is 16.2. The zero-order valence-corrected chi connectivity index (χ0v) is 30.8. The summed E-state index contributed by atoms with van der Waals surface area (Å²) in [5.74, 6) is 0. The molecule has 0 atom stereocenters. The van der Waals surface area contributed by atoms with E-state index in [1.165, 1.54) is 12.2 Å². The molecular formula is C46H31N9O3. The molecule has 0 saturated carbocycles. The van der Waals surface area contributed by atoms with Crippen LogP contribution in [-0.2, 0) is 29.2 Å². The Kier molecular flexibility index (Phi) is 11.6. The lowest BCUT2D eigenvalue weighted by molar-refractivity contribution is 0.251. The first-order valence-corrected chi connectivity index (χ1v) is 17.9. The molecule has 2 amide bonds. The van der Waals surface area contributed by atoms with Crippen LogP contribution >= 0.6 is 0 Å². The molecule has 6 aromatic carbocycles. The molecule has 58 heavy (non-hydrogen) atoms. The predicted octanol–water partition coefficient (Wildman–Crippen LogP) is 10.7. The molecule has 0 aromatic heterocycles. The summed E-state index contributed by atoms with van der Waals surface area (Å²) in [6, 6.07) is 45.6. The van der Waals surface area contributed by atoms with Gasteiger partial charge in [-0.3, -0.25) is 0 Å². The minimum absolute atomic E-state index is 0.0489. The van der Waals surface area contributed by atoms with E-state index in [4.69, 9.17) is 6.57 Å². The quantitative estimate of drug-likeness (QED) is 0.0417. The van der Waals surface area contributed by atoms with Crippen LogP contribution in [0, 0.1) is 17.9 Å². The normalized spacial score (nSPS) is 11.8. The fraction of sp³-hybridized carbons (Fsp3) is 0.0652. The SMILES string of the molecule is [C-]#[N+]/C(C#N)=C1/c2ccc(N=Nc3ccc(N(c4ccccc4)c4ccccc4)cc3)cc2-c2cc(NC(=O)NCc3cc(CN=C=O)cc(CN=C=O)c3)ccc21. The Morgan fingerprint density at radius 3 is 1.76 bits per heavy atom. The Balaban J connectivity index is 1.12. The number of isocyanates is 2. The molecule has 0 spiro atoms. The van der Waals surface area contributed by atoms with E-state index in [9.17, 15) is 19.6 Å². The number of azo groups is 1. The second-order valence-electron chi connectivity index (χ2n) is 12.9. The van der Waals surface area contributed by atoms with Crippen molar-refractivity contribution in [2.75, 3.05) is 10.2 Å². The molecule has 0 fully saturated rings.